The quantitative estimate of drug-likeness (QED) is 0.644. The van der Waals surface area contributed by atoms with Gasteiger partial charge in [-0.05, 0) is 48.4 Å². The Morgan fingerprint density at radius 2 is 1.81 bits per heavy atom. The van der Waals surface area contributed by atoms with Crippen LogP contribution < -0.4 is 10.6 Å². The summed E-state index contributed by atoms with van der Waals surface area (Å²) in [5.41, 5.74) is 2.03. The molecule has 0 fully saturated rings. The predicted octanol–water partition coefficient (Wildman–Crippen LogP) is 4.69. The molecule has 1 amide bonds. The molecular formula is C19H16Cl2N4O. The number of amides is 1. The van der Waals surface area contributed by atoms with Gasteiger partial charge in [0, 0.05) is 28.5 Å². The van der Waals surface area contributed by atoms with E-state index in [1.807, 2.05) is 24.3 Å². The van der Waals surface area contributed by atoms with Gasteiger partial charge < -0.3 is 10.6 Å². The Balaban J connectivity index is 1.58. The molecule has 1 heterocycles. The number of nitrogens with one attached hydrogen (secondary N) is 2. The maximum absolute atomic E-state index is 12.3. The fourth-order valence-electron chi connectivity index (χ4n) is 2.30. The van der Waals surface area contributed by atoms with Crippen molar-refractivity contribution in [2.75, 3.05) is 17.2 Å². The van der Waals surface area contributed by atoms with Crippen LogP contribution in [0.4, 0.5) is 11.6 Å². The highest BCUT2D eigenvalue weighted by Gasteiger charge is 2.09. The van der Waals surface area contributed by atoms with Crippen LogP contribution in [0.15, 0.2) is 60.8 Å². The molecule has 132 valence electrons. The van der Waals surface area contributed by atoms with Gasteiger partial charge in [0.05, 0.1) is 0 Å². The molecule has 0 bridgehead atoms. The number of halogens is 2. The molecule has 0 aliphatic rings. The average Bonchev–Trinajstić information content (AvgIpc) is 2.64. The summed E-state index contributed by atoms with van der Waals surface area (Å²) in [5.74, 6) is 0.0770. The van der Waals surface area contributed by atoms with Crippen LogP contribution in [0.1, 0.15) is 16.1 Å². The van der Waals surface area contributed by atoms with E-state index in [4.69, 9.17) is 23.2 Å². The van der Waals surface area contributed by atoms with Gasteiger partial charge in [-0.1, -0.05) is 41.4 Å². The summed E-state index contributed by atoms with van der Waals surface area (Å²) in [7, 11) is 0. The van der Waals surface area contributed by atoms with Gasteiger partial charge in [0.2, 0.25) is 5.95 Å². The monoisotopic (exact) mass is 386 g/mol. The Kier molecular flexibility index (Phi) is 6.04. The fraction of sp³-hybridized carbons (Fsp3) is 0.105. The minimum atomic E-state index is -0.324. The zero-order valence-electron chi connectivity index (χ0n) is 13.7. The van der Waals surface area contributed by atoms with Crippen molar-refractivity contribution in [1.82, 2.24) is 9.97 Å². The number of carbonyl (C=O) groups is 1. The Morgan fingerprint density at radius 1 is 1.00 bits per heavy atom. The van der Waals surface area contributed by atoms with E-state index >= 15 is 0 Å². The third kappa shape index (κ3) is 5.18. The summed E-state index contributed by atoms with van der Waals surface area (Å²) < 4.78 is 0. The summed E-state index contributed by atoms with van der Waals surface area (Å²) in [6, 6.07) is 16.2. The molecular weight excluding hydrogens is 371 g/mol. The average molecular weight is 387 g/mol. The molecule has 0 saturated carbocycles. The van der Waals surface area contributed by atoms with Crippen LogP contribution in [0.5, 0.6) is 0 Å². The van der Waals surface area contributed by atoms with Crippen LogP contribution in [0.2, 0.25) is 10.0 Å². The molecule has 26 heavy (non-hydrogen) atoms. The van der Waals surface area contributed by atoms with Crippen LogP contribution in [-0.2, 0) is 6.42 Å². The molecule has 5 nitrogen and oxygen atoms in total. The van der Waals surface area contributed by atoms with Crippen molar-refractivity contribution in [3.8, 4) is 0 Å². The van der Waals surface area contributed by atoms with E-state index in [1.165, 1.54) is 0 Å². The van der Waals surface area contributed by atoms with Crippen molar-refractivity contribution in [3.05, 3.63) is 82.1 Å². The van der Waals surface area contributed by atoms with E-state index in [1.54, 1.807) is 36.5 Å². The zero-order chi connectivity index (χ0) is 18.4. The maximum Gasteiger partial charge on any atom is 0.274 e. The number of carbonyl (C=O) groups excluding carboxylic acids is 1. The number of nitrogens with zero attached hydrogens (tertiary/aromatic N) is 2. The molecule has 0 atom stereocenters. The maximum atomic E-state index is 12.3. The molecule has 0 saturated heterocycles. The third-order valence-electron chi connectivity index (χ3n) is 3.58. The van der Waals surface area contributed by atoms with E-state index in [9.17, 15) is 4.79 Å². The lowest BCUT2D eigenvalue weighted by Crippen LogP contribution is -2.16. The smallest absolute Gasteiger partial charge is 0.274 e. The number of anilines is 2. The molecule has 0 aliphatic heterocycles. The lowest BCUT2D eigenvalue weighted by atomic mass is 10.1. The molecule has 0 aliphatic carbocycles. The Labute approximate surface area is 161 Å². The Bertz CT molecular complexity index is 900. The second-order valence-electron chi connectivity index (χ2n) is 5.53. The topological polar surface area (TPSA) is 66.9 Å². The summed E-state index contributed by atoms with van der Waals surface area (Å²) in [6.45, 7) is 0.640. The molecule has 2 N–H and O–H groups in total. The highest BCUT2D eigenvalue weighted by molar-refractivity contribution is 6.31. The Morgan fingerprint density at radius 3 is 2.58 bits per heavy atom. The first-order valence-electron chi connectivity index (χ1n) is 7.98. The zero-order valence-corrected chi connectivity index (χ0v) is 15.3. The van der Waals surface area contributed by atoms with E-state index in [2.05, 4.69) is 20.6 Å². The Hall–Kier alpha value is -2.63. The third-order valence-corrected chi connectivity index (χ3v) is 4.07. The highest BCUT2D eigenvalue weighted by Crippen LogP contribution is 2.16. The van der Waals surface area contributed by atoms with Crippen LogP contribution in [-0.4, -0.2) is 22.4 Å². The van der Waals surface area contributed by atoms with Gasteiger partial charge in [0.15, 0.2) is 0 Å². The number of rotatable bonds is 6. The van der Waals surface area contributed by atoms with E-state index in [0.717, 1.165) is 12.0 Å². The summed E-state index contributed by atoms with van der Waals surface area (Å²) in [5, 5.41) is 7.14. The molecule has 7 heteroatoms. The first kappa shape index (κ1) is 18.2. The normalized spacial score (nSPS) is 10.4. The summed E-state index contributed by atoms with van der Waals surface area (Å²) in [6.07, 6.45) is 2.34. The molecule has 3 rings (SSSR count). The molecule has 0 unspecified atom stereocenters. The van der Waals surface area contributed by atoms with Crippen molar-refractivity contribution in [2.45, 2.75) is 6.42 Å². The van der Waals surface area contributed by atoms with Crippen molar-refractivity contribution in [3.63, 3.8) is 0 Å². The van der Waals surface area contributed by atoms with Crippen LogP contribution in [0.3, 0.4) is 0 Å². The molecule has 0 radical (unpaired) electrons. The standard InChI is InChI=1S/C19H16Cl2N4O/c20-14-6-4-13(5-7-14)8-10-22-19-23-11-9-17(25-19)18(26)24-16-3-1-2-15(21)12-16/h1-7,9,11-12H,8,10H2,(H,24,26)(H,22,23,25). The van der Waals surface area contributed by atoms with Gasteiger partial charge in [0.1, 0.15) is 5.69 Å². The van der Waals surface area contributed by atoms with Crippen molar-refractivity contribution in [2.24, 2.45) is 0 Å². The van der Waals surface area contributed by atoms with Gasteiger partial charge in [-0.3, -0.25) is 4.79 Å². The summed E-state index contributed by atoms with van der Waals surface area (Å²) in [4.78, 5) is 20.7. The first-order chi connectivity index (χ1) is 12.6. The van der Waals surface area contributed by atoms with Gasteiger partial charge in [-0.15, -0.1) is 0 Å². The van der Waals surface area contributed by atoms with E-state index in [-0.39, 0.29) is 11.6 Å². The lowest BCUT2D eigenvalue weighted by Gasteiger charge is -2.08. The van der Waals surface area contributed by atoms with Gasteiger partial charge >= 0.3 is 0 Å². The minimum Gasteiger partial charge on any atom is -0.354 e. The van der Waals surface area contributed by atoms with Crippen LogP contribution in [0, 0.1) is 0 Å². The second kappa shape index (κ2) is 8.65. The highest BCUT2D eigenvalue weighted by atomic mass is 35.5. The minimum absolute atomic E-state index is 0.272. The number of aromatic nitrogens is 2. The molecule has 2 aromatic carbocycles. The number of hydrogen-bond donors (Lipinski definition) is 2. The largest absolute Gasteiger partial charge is 0.354 e. The molecule has 3 aromatic rings. The van der Waals surface area contributed by atoms with Crippen LogP contribution in [0.25, 0.3) is 0 Å². The van der Waals surface area contributed by atoms with E-state index < -0.39 is 0 Å². The van der Waals surface area contributed by atoms with Crippen LogP contribution >= 0.6 is 23.2 Å². The molecule has 0 spiro atoms. The van der Waals surface area contributed by atoms with Gasteiger partial charge in [-0.25, -0.2) is 9.97 Å². The fourth-order valence-corrected chi connectivity index (χ4v) is 2.62. The SMILES string of the molecule is O=C(Nc1cccc(Cl)c1)c1ccnc(NCCc2ccc(Cl)cc2)n1. The second-order valence-corrected chi connectivity index (χ2v) is 6.41. The van der Waals surface area contributed by atoms with Crippen molar-refractivity contribution < 1.29 is 4.79 Å². The summed E-state index contributed by atoms with van der Waals surface area (Å²) >= 11 is 11.8. The lowest BCUT2D eigenvalue weighted by molar-refractivity contribution is 0.102. The molecule has 1 aromatic heterocycles. The van der Waals surface area contributed by atoms with Gasteiger partial charge in [0.25, 0.3) is 5.91 Å². The first-order valence-corrected chi connectivity index (χ1v) is 8.74. The van der Waals surface area contributed by atoms with E-state index in [0.29, 0.717) is 28.2 Å². The predicted molar refractivity (Wildman–Crippen MR) is 105 cm³/mol. The van der Waals surface area contributed by atoms with Crippen molar-refractivity contribution >= 4 is 40.7 Å². The van der Waals surface area contributed by atoms with Crippen molar-refractivity contribution in [1.29, 1.82) is 0 Å². The number of hydrogen-bond acceptors (Lipinski definition) is 4. The van der Waals surface area contributed by atoms with Gasteiger partial charge in [-0.2, -0.15) is 0 Å². The number of benzene rings is 2.